The molecule has 28 heavy (non-hydrogen) atoms. The van der Waals surface area contributed by atoms with Crippen LogP contribution in [0, 0.1) is 23.5 Å². The highest BCUT2D eigenvalue weighted by molar-refractivity contribution is 5.80. The summed E-state index contributed by atoms with van der Waals surface area (Å²) in [5, 5.41) is 5.96. The summed E-state index contributed by atoms with van der Waals surface area (Å²) in [4.78, 5) is 27.9. The van der Waals surface area contributed by atoms with Crippen LogP contribution in [0.5, 0.6) is 0 Å². The lowest BCUT2D eigenvalue weighted by molar-refractivity contribution is -0.129. The van der Waals surface area contributed by atoms with E-state index >= 15 is 0 Å². The van der Waals surface area contributed by atoms with Crippen molar-refractivity contribution < 1.29 is 18.4 Å². The Bertz CT molecular complexity index is 750. The SMILES string of the molecule is O=C(NC1CN(C(=O)NCC2CCN(c3ccc(F)c(F)c3)C2)C1)C1CCC1. The number of likely N-dealkylation sites (tertiary alicyclic amines) is 1. The van der Waals surface area contributed by atoms with Crippen molar-refractivity contribution in [2.45, 2.75) is 31.7 Å². The average Bonchev–Trinajstić information content (AvgIpc) is 3.05. The summed E-state index contributed by atoms with van der Waals surface area (Å²) in [6, 6.07) is 3.89. The number of amides is 3. The second-order valence-corrected chi connectivity index (χ2v) is 8.12. The van der Waals surface area contributed by atoms with E-state index in [4.69, 9.17) is 0 Å². The Labute approximate surface area is 163 Å². The standard InChI is InChI=1S/C20H26F2N4O2/c21-17-5-4-16(8-18(17)22)25-7-6-13(10-25)9-23-20(28)26-11-15(12-26)24-19(27)14-2-1-3-14/h4-5,8,13-15H,1-3,6-7,9-12H2,(H,23,28)(H,24,27). The predicted molar refractivity (Wildman–Crippen MR) is 101 cm³/mol. The fourth-order valence-electron chi connectivity index (χ4n) is 3.98. The molecule has 0 spiro atoms. The Morgan fingerprint density at radius 2 is 1.86 bits per heavy atom. The van der Waals surface area contributed by atoms with Crippen molar-refractivity contribution >= 4 is 17.6 Å². The smallest absolute Gasteiger partial charge is 0.317 e. The van der Waals surface area contributed by atoms with Gasteiger partial charge in [-0.15, -0.1) is 0 Å². The largest absolute Gasteiger partial charge is 0.371 e. The number of benzene rings is 1. The second kappa shape index (κ2) is 7.93. The van der Waals surface area contributed by atoms with Crippen LogP contribution in [-0.2, 0) is 4.79 Å². The van der Waals surface area contributed by atoms with Crippen molar-refractivity contribution in [1.29, 1.82) is 0 Å². The number of nitrogens with one attached hydrogen (secondary N) is 2. The molecule has 1 saturated carbocycles. The van der Waals surface area contributed by atoms with Gasteiger partial charge in [-0.1, -0.05) is 6.42 Å². The average molecular weight is 392 g/mol. The van der Waals surface area contributed by atoms with Crippen LogP contribution in [0.15, 0.2) is 18.2 Å². The number of carbonyl (C=O) groups excluding carboxylic acids is 2. The highest BCUT2D eigenvalue weighted by Crippen LogP contribution is 2.27. The Balaban J connectivity index is 1.16. The van der Waals surface area contributed by atoms with Crippen LogP contribution in [0.1, 0.15) is 25.7 Å². The van der Waals surface area contributed by atoms with Crippen LogP contribution >= 0.6 is 0 Å². The highest BCUT2D eigenvalue weighted by atomic mass is 19.2. The molecule has 152 valence electrons. The molecule has 2 saturated heterocycles. The van der Waals surface area contributed by atoms with Gasteiger partial charge in [0.25, 0.3) is 0 Å². The number of carbonyl (C=O) groups is 2. The normalized spacial score (nSPS) is 22.6. The monoisotopic (exact) mass is 392 g/mol. The molecule has 3 amide bonds. The molecule has 0 bridgehead atoms. The molecule has 6 nitrogen and oxygen atoms in total. The van der Waals surface area contributed by atoms with Gasteiger partial charge in [-0.2, -0.15) is 0 Å². The lowest BCUT2D eigenvalue weighted by Gasteiger charge is -2.40. The van der Waals surface area contributed by atoms with E-state index in [-0.39, 0.29) is 29.8 Å². The third kappa shape index (κ3) is 4.05. The fraction of sp³-hybridized carbons (Fsp3) is 0.600. The molecule has 0 aromatic heterocycles. The molecular weight excluding hydrogens is 366 g/mol. The van der Waals surface area contributed by atoms with Crippen molar-refractivity contribution in [3.63, 3.8) is 0 Å². The molecular formula is C20H26F2N4O2. The summed E-state index contributed by atoms with van der Waals surface area (Å²) in [7, 11) is 0. The van der Waals surface area contributed by atoms with Crippen LogP contribution in [0.2, 0.25) is 0 Å². The molecule has 8 heteroatoms. The lowest BCUT2D eigenvalue weighted by Crippen LogP contribution is -2.63. The van der Waals surface area contributed by atoms with Gasteiger partial charge in [0.2, 0.25) is 5.91 Å². The first-order valence-electron chi connectivity index (χ1n) is 10.0. The Hall–Kier alpha value is -2.38. The first kappa shape index (κ1) is 19.0. The van der Waals surface area contributed by atoms with E-state index in [2.05, 4.69) is 10.6 Å². The van der Waals surface area contributed by atoms with Gasteiger partial charge in [-0.3, -0.25) is 4.79 Å². The third-order valence-corrected chi connectivity index (χ3v) is 6.09. The predicted octanol–water partition coefficient (Wildman–Crippen LogP) is 2.10. The van der Waals surface area contributed by atoms with Crippen molar-refractivity contribution in [2.75, 3.05) is 37.6 Å². The van der Waals surface area contributed by atoms with Crippen LogP contribution in [0.3, 0.4) is 0 Å². The first-order valence-corrected chi connectivity index (χ1v) is 10.0. The number of halogens is 2. The molecule has 2 aliphatic heterocycles. The summed E-state index contributed by atoms with van der Waals surface area (Å²) < 4.78 is 26.5. The van der Waals surface area contributed by atoms with Crippen molar-refractivity contribution in [2.24, 2.45) is 11.8 Å². The summed E-state index contributed by atoms with van der Waals surface area (Å²) in [5.74, 6) is -1.12. The van der Waals surface area contributed by atoms with Crippen molar-refractivity contribution in [3.05, 3.63) is 29.8 Å². The number of nitrogens with zero attached hydrogens (tertiary/aromatic N) is 2. The number of hydrogen-bond acceptors (Lipinski definition) is 3. The van der Waals surface area contributed by atoms with Gasteiger partial charge >= 0.3 is 6.03 Å². The first-order chi connectivity index (χ1) is 13.5. The Morgan fingerprint density at radius 1 is 1.07 bits per heavy atom. The van der Waals surface area contributed by atoms with E-state index in [1.54, 1.807) is 11.0 Å². The van der Waals surface area contributed by atoms with E-state index in [0.717, 1.165) is 38.3 Å². The zero-order valence-electron chi connectivity index (χ0n) is 15.8. The molecule has 3 aliphatic rings. The molecule has 1 aromatic carbocycles. The minimum Gasteiger partial charge on any atom is -0.371 e. The Morgan fingerprint density at radius 3 is 2.54 bits per heavy atom. The summed E-state index contributed by atoms with van der Waals surface area (Å²) in [5.41, 5.74) is 0.667. The minimum absolute atomic E-state index is 0.0641. The quantitative estimate of drug-likeness (QED) is 0.807. The number of anilines is 1. The van der Waals surface area contributed by atoms with Crippen LogP contribution in [0.25, 0.3) is 0 Å². The van der Waals surface area contributed by atoms with E-state index in [1.807, 2.05) is 4.90 Å². The van der Waals surface area contributed by atoms with Gasteiger partial charge in [-0.25, -0.2) is 13.6 Å². The van der Waals surface area contributed by atoms with Gasteiger partial charge in [0.1, 0.15) is 0 Å². The molecule has 2 heterocycles. The van der Waals surface area contributed by atoms with E-state index in [0.29, 0.717) is 31.9 Å². The summed E-state index contributed by atoms with van der Waals surface area (Å²) in [6.07, 6.45) is 3.97. The molecule has 2 N–H and O–H groups in total. The lowest BCUT2D eigenvalue weighted by atomic mass is 9.84. The zero-order chi connectivity index (χ0) is 19.7. The maximum Gasteiger partial charge on any atom is 0.317 e. The minimum atomic E-state index is -0.844. The summed E-state index contributed by atoms with van der Waals surface area (Å²) >= 11 is 0. The molecule has 1 aromatic rings. The fourth-order valence-corrected chi connectivity index (χ4v) is 3.98. The molecule has 1 unspecified atom stereocenters. The van der Waals surface area contributed by atoms with E-state index < -0.39 is 11.6 Å². The Kier molecular flexibility index (Phi) is 5.37. The van der Waals surface area contributed by atoms with Crippen LogP contribution < -0.4 is 15.5 Å². The maximum absolute atomic E-state index is 13.4. The van der Waals surface area contributed by atoms with Crippen LogP contribution in [-0.4, -0.2) is 55.6 Å². The van der Waals surface area contributed by atoms with Crippen LogP contribution in [0.4, 0.5) is 19.3 Å². The second-order valence-electron chi connectivity index (χ2n) is 8.12. The molecule has 4 rings (SSSR count). The van der Waals surface area contributed by atoms with E-state index in [9.17, 15) is 18.4 Å². The van der Waals surface area contributed by atoms with Crippen molar-refractivity contribution in [1.82, 2.24) is 15.5 Å². The topological polar surface area (TPSA) is 64.7 Å². The van der Waals surface area contributed by atoms with Gasteiger partial charge in [0, 0.05) is 50.4 Å². The number of rotatable bonds is 5. The van der Waals surface area contributed by atoms with Gasteiger partial charge in [0.05, 0.1) is 6.04 Å². The molecule has 3 fully saturated rings. The van der Waals surface area contributed by atoms with Gasteiger partial charge < -0.3 is 20.4 Å². The number of hydrogen-bond donors (Lipinski definition) is 2. The van der Waals surface area contributed by atoms with Gasteiger partial charge in [0.15, 0.2) is 11.6 Å². The molecule has 1 atom stereocenters. The molecule has 1 aliphatic carbocycles. The molecule has 0 radical (unpaired) electrons. The third-order valence-electron chi connectivity index (χ3n) is 6.09. The zero-order valence-corrected chi connectivity index (χ0v) is 15.8. The maximum atomic E-state index is 13.4. The number of urea groups is 1. The van der Waals surface area contributed by atoms with E-state index in [1.165, 1.54) is 6.07 Å². The highest BCUT2D eigenvalue weighted by Gasteiger charge is 2.35. The van der Waals surface area contributed by atoms with Gasteiger partial charge in [-0.05, 0) is 37.3 Å². The summed E-state index contributed by atoms with van der Waals surface area (Å²) in [6.45, 7) is 3.11. The van der Waals surface area contributed by atoms with Crippen molar-refractivity contribution in [3.8, 4) is 0 Å².